The molecular formula is C19H24N2O2. The summed E-state index contributed by atoms with van der Waals surface area (Å²) < 4.78 is 5.90. The molecule has 4 nitrogen and oxygen atoms in total. The third-order valence-electron chi connectivity index (χ3n) is 4.47. The van der Waals surface area contributed by atoms with Crippen LogP contribution in [0.3, 0.4) is 0 Å². The summed E-state index contributed by atoms with van der Waals surface area (Å²) in [5.74, 6) is 1.03. The van der Waals surface area contributed by atoms with Gasteiger partial charge in [-0.15, -0.1) is 0 Å². The van der Waals surface area contributed by atoms with Crippen LogP contribution >= 0.6 is 0 Å². The quantitative estimate of drug-likeness (QED) is 0.767. The highest BCUT2D eigenvalue weighted by atomic mass is 16.5. The van der Waals surface area contributed by atoms with Crippen LogP contribution in [0.1, 0.15) is 24.1 Å². The van der Waals surface area contributed by atoms with Gasteiger partial charge in [0.15, 0.2) is 0 Å². The SMILES string of the molecule is CC1NNC(c2cccc(OCCc3ccccc3)c2)C1CO. The fourth-order valence-electron chi connectivity index (χ4n) is 3.05. The van der Waals surface area contributed by atoms with Crippen LogP contribution in [0.2, 0.25) is 0 Å². The number of aliphatic hydroxyl groups excluding tert-OH is 1. The van der Waals surface area contributed by atoms with Gasteiger partial charge in [-0.3, -0.25) is 5.43 Å². The van der Waals surface area contributed by atoms with Crippen molar-refractivity contribution in [3.63, 3.8) is 0 Å². The first-order valence-electron chi connectivity index (χ1n) is 8.16. The lowest BCUT2D eigenvalue weighted by molar-refractivity contribution is 0.204. The van der Waals surface area contributed by atoms with Crippen LogP contribution in [0.4, 0.5) is 0 Å². The molecule has 2 aromatic rings. The Morgan fingerprint density at radius 3 is 2.65 bits per heavy atom. The van der Waals surface area contributed by atoms with Crippen molar-refractivity contribution in [2.24, 2.45) is 5.92 Å². The van der Waals surface area contributed by atoms with E-state index in [0.29, 0.717) is 6.61 Å². The molecule has 122 valence electrons. The molecule has 4 heteroatoms. The lowest BCUT2D eigenvalue weighted by Gasteiger charge is -2.19. The van der Waals surface area contributed by atoms with Crippen molar-refractivity contribution >= 4 is 0 Å². The summed E-state index contributed by atoms with van der Waals surface area (Å²) in [6.07, 6.45) is 0.893. The van der Waals surface area contributed by atoms with E-state index in [1.54, 1.807) is 0 Å². The van der Waals surface area contributed by atoms with E-state index in [1.807, 2.05) is 30.3 Å². The lowest BCUT2D eigenvalue weighted by Crippen LogP contribution is -2.29. The lowest BCUT2D eigenvalue weighted by atomic mass is 9.91. The Bertz CT molecular complexity index is 618. The minimum Gasteiger partial charge on any atom is -0.493 e. The van der Waals surface area contributed by atoms with Crippen molar-refractivity contribution in [1.82, 2.24) is 10.9 Å². The minimum absolute atomic E-state index is 0.104. The van der Waals surface area contributed by atoms with Crippen LogP contribution in [0.5, 0.6) is 5.75 Å². The largest absolute Gasteiger partial charge is 0.493 e. The first kappa shape index (κ1) is 16.0. The van der Waals surface area contributed by atoms with E-state index in [0.717, 1.165) is 17.7 Å². The number of nitrogens with one attached hydrogen (secondary N) is 2. The second kappa shape index (κ2) is 7.59. The number of hydrogen-bond donors (Lipinski definition) is 3. The standard InChI is InChI=1S/C19H24N2O2/c1-14-18(13-22)19(21-20-14)16-8-5-9-17(12-16)23-11-10-15-6-3-2-4-7-15/h2-9,12,14,18-22H,10-11,13H2,1H3. The van der Waals surface area contributed by atoms with Crippen LogP contribution in [0, 0.1) is 5.92 Å². The topological polar surface area (TPSA) is 53.5 Å². The summed E-state index contributed by atoms with van der Waals surface area (Å²) in [6, 6.07) is 18.8. The monoisotopic (exact) mass is 312 g/mol. The molecule has 3 rings (SSSR count). The van der Waals surface area contributed by atoms with Crippen LogP contribution in [0.15, 0.2) is 54.6 Å². The van der Waals surface area contributed by atoms with Gasteiger partial charge in [0.05, 0.1) is 12.6 Å². The van der Waals surface area contributed by atoms with Crippen LogP contribution in [-0.4, -0.2) is 24.4 Å². The second-order valence-electron chi connectivity index (χ2n) is 6.06. The smallest absolute Gasteiger partial charge is 0.119 e. The Balaban J connectivity index is 1.61. The van der Waals surface area contributed by atoms with Gasteiger partial charge in [-0.25, -0.2) is 5.43 Å². The highest BCUT2D eigenvalue weighted by Crippen LogP contribution is 2.30. The molecule has 0 saturated carbocycles. The van der Waals surface area contributed by atoms with Gasteiger partial charge in [0.25, 0.3) is 0 Å². The van der Waals surface area contributed by atoms with Crippen LogP contribution in [0.25, 0.3) is 0 Å². The summed E-state index contributed by atoms with van der Waals surface area (Å²) in [5, 5.41) is 9.59. The molecule has 0 aliphatic carbocycles. The average molecular weight is 312 g/mol. The van der Waals surface area contributed by atoms with Gasteiger partial charge in [0.2, 0.25) is 0 Å². The van der Waals surface area contributed by atoms with Crippen molar-refractivity contribution in [2.75, 3.05) is 13.2 Å². The summed E-state index contributed by atoms with van der Waals surface area (Å²) >= 11 is 0. The Kier molecular flexibility index (Phi) is 5.28. The maximum absolute atomic E-state index is 9.59. The predicted octanol–water partition coefficient (Wildman–Crippen LogP) is 2.45. The molecule has 1 aliphatic heterocycles. The molecular weight excluding hydrogens is 288 g/mol. The first-order valence-corrected chi connectivity index (χ1v) is 8.16. The average Bonchev–Trinajstić information content (AvgIpc) is 2.97. The zero-order valence-electron chi connectivity index (χ0n) is 13.4. The number of ether oxygens (including phenoxy) is 1. The van der Waals surface area contributed by atoms with Gasteiger partial charge < -0.3 is 9.84 Å². The van der Waals surface area contributed by atoms with Crippen molar-refractivity contribution in [1.29, 1.82) is 0 Å². The molecule has 0 aromatic heterocycles. The van der Waals surface area contributed by atoms with E-state index in [9.17, 15) is 5.11 Å². The fraction of sp³-hybridized carbons (Fsp3) is 0.368. The van der Waals surface area contributed by atoms with Crippen molar-refractivity contribution in [3.8, 4) is 5.75 Å². The van der Waals surface area contributed by atoms with E-state index >= 15 is 0 Å². The van der Waals surface area contributed by atoms with E-state index in [-0.39, 0.29) is 24.6 Å². The molecule has 3 N–H and O–H groups in total. The van der Waals surface area contributed by atoms with Gasteiger partial charge >= 0.3 is 0 Å². The molecule has 0 spiro atoms. The third-order valence-corrected chi connectivity index (χ3v) is 4.47. The molecule has 0 radical (unpaired) electrons. The van der Waals surface area contributed by atoms with Crippen molar-refractivity contribution in [2.45, 2.75) is 25.4 Å². The highest BCUT2D eigenvalue weighted by molar-refractivity contribution is 5.32. The molecule has 0 amide bonds. The molecule has 1 aliphatic rings. The Hall–Kier alpha value is -1.88. The summed E-state index contributed by atoms with van der Waals surface area (Å²) in [4.78, 5) is 0. The minimum atomic E-state index is 0.104. The summed E-state index contributed by atoms with van der Waals surface area (Å²) in [7, 11) is 0. The molecule has 3 atom stereocenters. The van der Waals surface area contributed by atoms with Gasteiger partial charge in [0, 0.05) is 25.0 Å². The van der Waals surface area contributed by atoms with E-state index in [1.165, 1.54) is 5.56 Å². The van der Waals surface area contributed by atoms with E-state index in [4.69, 9.17) is 4.74 Å². The molecule has 1 fully saturated rings. The highest BCUT2D eigenvalue weighted by Gasteiger charge is 2.33. The Labute approximate surface area is 137 Å². The van der Waals surface area contributed by atoms with Gasteiger partial charge in [-0.05, 0) is 30.2 Å². The maximum atomic E-state index is 9.59. The number of hydrazine groups is 1. The zero-order chi connectivity index (χ0) is 16.1. The third kappa shape index (κ3) is 3.91. The normalized spacial score (nSPS) is 23.8. The van der Waals surface area contributed by atoms with E-state index < -0.39 is 0 Å². The van der Waals surface area contributed by atoms with Gasteiger partial charge in [-0.1, -0.05) is 42.5 Å². The Morgan fingerprint density at radius 2 is 1.87 bits per heavy atom. The van der Waals surface area contributed by atoms with Gasteiger partial charge in [-0.2, -0.15) is 0 Å². The molecule has 1 heterocycles. The molecule has 23 heavy (non-hydrogen) atoms. The zero-order valence-corrected chi connectivity index (χ0v) is 13.4. The fourth-order valence-corrected chi connectivity index (χ4v) is 3.05. The number of benzene rings is 2. The van der Waals surface area contributed by atoms with Gasteiger partial charge in [0.1, 0.15) is 5.75 Å². The molecule has 1 saturated heterocycles. The van der Waals surface area contributed by atoms with Crippen molar-refractivity contribution in [3.05, 3.63) is 65.7 Å². The van der Waals surface area contributed by atoms with Crippen molar-refractivity contribution < 1.29 is 9.84 Å². The molecule has 2 aromatic carbocycles. The van der Waals surface area contributed by atoms with Crippen LogP contribution in [-0.2, 0) is 6.42 Å². The first-order chi connectivity index (χ1) is 11.3. The second-order valence-corrected chi connectivity index (χ2v) is 6.06. The summed E-state index contributed by atoms with van der Waals surface area (Å²) in [5.41, 5.74) is 8.88. The number of aliphatic hydroxyl groups is 1. The predicted molar refractivity (Wildman–Crippen MR) is 91.1 cm³/mol. The summed E-state index contributed by atoms with van der Waals surface area (Å²) in [6.45, 7) is 2.89. The molecule has 3 unspecified atom stereocenters. The Morgan fingerprint density at radius 1 is 1.04 bits per heavy atom. The number of hydrogen-bond acceptors (Lipinski definition) is 4. The molecule has 0 bridgehead atoms. The number of rotatable bonds is 6. The van der Waals surface area contributed by atoms with E-state index in [2.05, 4.69) is 42.0 Å². The van der Waals surface area contributed by atoms with Crippen LogP contribution < -0.4 is 15.6 Å². The maximum Gasteiger partial charge on any atom is 0.119 e.